The maximum absolute atomic E-state index is 15.2. The van der Waals surface area contributed by atoms with Gasteiger partial charge >= 0.3 is 5.97 Å². The first kappa shape index (κ1) is 44.4. The van der Waals surface area contributed by atoms with Gasteiger partial charge in [0.1, 0.15) is 5.76 Å². The Morgan fingerprint density at radius 1 is 0.758 bits per heavy atom. The molecule has 0 radical (unpaired) electrons. The van der Waals surface area contributed by atoms with Crippen molar-refractivity contribution in [2.45, 2.75) is 114 Å². The van der Waals surface area contributed by atoms with Crippen molar-refractivity contribution in [3.8, 4) is 0 Å². The summed E-state index contributed by atoms with van der Waals surface area (Å²) in [4.78, 5) is 50.0. The Balaban J connectivity index is 1.01. The molecule has 3 saturated heterocycles. The molecular formula is C51H60Br3N3O5. The van der Waals surface area contributed by atoms with Crippen molar-refractivity contribution < 1.29 is 24.2 Å². The van der Waals surface area contributed by atoms with E-state index in [9.17, 15) is 14.7 Å². The molecule has 12 unspecified atom stereocenters. The van der Waals surface area contributed by atoms with E-state index in [1.54, 1.807) is 24.3 Å². The number of nitrogens with zero attached hydrogens (tertiary/aromatic N) is 3. The number of rotatable bonds is 7. The molecule has 3 heterocycles. The van der Waals surface area contributed by atoms with Gasteiger partial charge < -0.3 is 24.5 Å². The zero-order valence-corrected chi connectivity index (χ0v) is 40.9. The maximum Gasteiger partial charge on any atom is 0.343 e. The standard InChI is InChI=1S/C51H60Br3N3O5/c1-30-22-36-26-47-51(61,37-27-43(36)44(23-30)55(3)29-37)19-18-41(57(47)49(59)33-8-14-39(53)15-9-33)25-35-21-31(2)24-45-42(35)5-4-20-56(45)48(58)28-46(32-6-12-38(52)13-7-32)62-50(60)34-10-16-40(54)17-11-34/h6-17,28,30-31,35-37,41-45,47,61H,4-5,18-27,29H2,1-3H3. The van der Waals surface area contributed by atoms with Crippen molar-refractivity contribution in [3.05, 3.63) is 109 Å². The molecule has 2 amide bonds. The summed E-state index contributed by atoms with van der Waals surface area (Å²) in [6.07, 6.45) is 12.1. The molecule has 8 nitrogen and oxygen atoms in total. The minimum Gasteiger partial charge on any atom is -0.422 e. The molecule has 3 aromatic carbocycles. The highest BCUT2D eigenvalue weighted by Crippen LogP contribution is 2.55. The number of halogens is 3. The summed E-state index contributed by atoms with van der Waals surface area (Å²) in [5.74, 6) is 2.40. The second kappa shape index (κ2) is 18.2. The Bertz CT molecular complexity index is 2170. The molecule has 6 aliphatic rings. The molecule has 1 N–H and O–H groups in total. The number of hydrogen-bond acceptors (Lipinski definition) is 6. The second-order valence-electron chi connectivity index (χ2n) is 20.0. The molecule has 3 aliphatic carbocycles. The van der Waals surface area contributed by atoms with E-state index in [4.69, 9.17) is 4.74 Å². The second-order valence-corrected chi connectivity index (χ2v) is 22.7. The van der Waals surface area contributed by atoms with E-state index in [2.05, 4.69) is 83.4 Å². The Morgan fingerprint density at radius 2 is 1.37 bits per heavy atom. The molecule has 0 aromatic heterocycles. The summed E-state index contributed by atoms with van der Waals surface area (Å²) >= 11 is 10.5. The molecule has 9 rings (SSSR count). The lowest BCUT2D eigenvalue weighted by Gasteiger charge is -2.56. The molecule has 3 aliphatic heterocycles. The SMILES string of the molecule is CC1CC2CC3N(C(=O)c4ccc(Br)cc4)C(CC4CC(C)CC5C4CCCN5C(=O)C=C(OC(=O)c4ccc(Br)cc4)c4ccc(Br)cc4)CCC3(O)C3CC2C(C1)N(C)C3. The smallest absolute Gasteiger partial charge is 0.343 e. The molecular weight excluding hydrogens is 974 g/mol. The van der Waals surface area contributed by atoms with Crippen LogP contribution in [0.5, 0.6) is 0 Å². The third-order valence-electron chi connectivity index (χ3n) is 16.1. The predicted octanol–water partition coefficient (Wildman–Crippen LogP) is 11.0. The van der Waals surface area contributed by atoms with Crippen LogP contribution in [0.3, 0.4) is 0 Å². The van der Waals surface area contributed by atoms with Gasteiger partial charge in [0.05, 0.1) is 17.2 Å². The minimum absolute atomic E-state index is 0.00660. The number of aliphatic hydroxyl groups is 1. The number of benzene rings is 3. The van der Waals surface area contributed by atoms with E-state index in [0.717, 1.165) is 77.8 Å². The average molecular weight is 1030 g/mol. The number of likely N-dealkylation sites (tertiary alicyclic amines) is 3. The molecule has 3 aromatic rings. The number of hydrogen-bond donors (Lipinski definition) is 1. The van der Waals surface area contributed by atoms with Crippen molar-refractivity contribution in [2.24, 2.45) is 41.4 Å². The Morgan fingerprint density at radius 3 is 2.05 bits per heavy atom. The molecule has 6 fully saturated rings. The van der Waals surface area contributed by atoms with Gasteiger partial charge in [-0.1, -0.05) is 73.8 Å². The Hall–Kier alpha value is -2.83. The first-order valence-corrected chi connectivity index (χ1v) is 25.4. The summed E-state index contributed by atoms with van der Waals surface area (Å²) in [7, 11) is 2.27. The predicted molar refractivity (Wildman–Crippen MR) is 253 cm³/mol. The molecule has 2 bridgehead atoms. The number of piperidine rings is 3. The molecule has 330 valence electrons. The van der Waals surface area contributed by atoms with Gasteiger partial charge in [0.2, 0.25) is 0 Å². The van der Waals surface area contributed by atoms with Crippen molar-refractivity contribution in [1.82, 2.24) is 14.7 Å². The number of esters is 1. The van der Waals surface area contributed by atoms with E-state index < -0.39 is 11.6 Å². The summed E-state index contributed by atoms with van der Waals surface area (Å²) in [6.45, 7) is 6.24. The highest BCUT2D eigenvalue weighted by molar-refractivity contribution is 9.11. The Kier molecular flexibility index (Phi) is 13.0. The molecule has 0 spiro atoms. The minimum atomic E-state index is -0.933. The summed E-state index contributed by atoms with van der Waals surface area (Å²) in [5.41, 5.74) is 0.796. The molecule has 12 atom stereocenters. The van der Waals surface area contributed by atoms with E-state index in [-0.39, 0.29) is 47.5 Å². The number of amides is 2. The fourth-order valence-corrected chi connectivity index (χ4v) is 14.2. The maximum atomic E-state index is 15.2. The van der Waals surface area contributed by atoms with Crippen LogP contribution in [0.1, 0.15) is 111 Å². The molecule has 11 heteroatoms. The quantitative estimate of drug-likeness (QED) is 0.144. The van der Waals surface area contributed by atoms with E-state index in [1.807, 2.05) is 48.5 Å². The fraction of sp³-hybridized carbons (Fsp3) is 0.549. The van der Waals surface area contributed by atoms with Gasteiger partial charge in [-0.3, -0.25) is 9.59 Å². The van der Waals surface area contributed by atoms with Gasteiger partial charge in [0.15, 0.2) is 0 Å². The summed E-state index contributed by atoms with van der Waals surface area (Å²) < 4.78 is 8.71. The van der Waals surface area contributed by atoms with Gasteiger partial charge in [0, 0.05) is 67.8 Å². The number of fused-ring (bicyclic) bond motifs is 4. The first-order chi connectivity index (χ1) is 29.7. The monoisotopic (exact) mass is 1030 g/mol. The highest BCUT2D eigenvalue weighted by Gasteiger charge is 2.60. The fourth-order valence-electron chi connectivity index (χ4n) is 13.4. The summed E-state index contributed by atoms with van der Waals surface area (Å²) in [5, 5.41) is 13.1. The highest BCUT2D eigenvalue weighted by atomic mass is 79.9. The van der Waals surface area contributed by atoms with Crippen LogP contribution in [0.25, 0.3) is 5.76 Å². The van der Waals surface area contributed by atoms with Crippen molar-refractivity contribution in [3.63, 3.8) is 0 Å². The van der Waals surface area contributed by atoms with E-state index in [1.165, 1.54) is 12.5 Å². The van der Waals surface area contributed by atoms with Crippen LogP contribution < -0.4 is 0 Å². The first-order valence-electron chi connectivity index (χ1n) is 23.0. The normalized spacial score (nSPS) is 34.7. The van der Waals surface area contributed by atoms with Crippen LogP contribution in [0.4, 0.5) is 0 Å². The largest absolute Gasteiger partial charge is 0.422 e. The number of carbonyl (C=O) groups excluding carboxylic acids is 3. The van der Waals surface area contributed by atoms with E-state index >= 15 is 4.79 Å². The molecule has 62 heavy (non-hydrogen) atoms. The van der Waals surface area contributed by atoms with Gasteiger partial charge in [-0.2, -0.15) is 0 Å². The Labute approximate surface area is 392 Å². The van der Waals surface area contributed by atoms with Crippen LogP contribution in [-0.2, 0) is 9.53 Å². The number of carbonyl (C=O) groups is 3. The van der Waals surface area contributed by atoms with Crippen LogP contribution in [-0.4, -0.2) is 87.5 Å². The van der Waals surface area contributed by atoms with Gasteiger partial charge in [-0.05, 0) is 174 Å². The zero-order chi connectivity index (χ0) is 43.4. The van der Waals surface area contributed by atoms with Crippen molar-refractivity contribution in [2.75, 3.05) is 20.1 Å². The van der Waals surface area contributed by atoms with Gasteiger partial charge in [-0.25, -0.2) is 4.79 Å². The average Bonchev–Trinajstić information content (AvgIpc) is 3.35. The molecule has 3 saturated carbocycles. The number of ether oxygens (including phenoxy) is 1. The lowest BCUT2D eigenvalue weighted by atomic mass is 9.64. The van der Waals surface area contributed by atoms with Gasteiger partial charge in [0.25, 0.3) is 11.8 Å². The van der Waals surface area contributed by atoms with Crippen LogP contribution in [0.15, 0.2) is 92.3 Å². The van der Waals surface area contributed by atoms with Crippen LogP contribution >= 0.6 is 47.8 Å². The third kappa shape index (κ3) is 8.80. The van der Waals surface area contributed by atoms with Crippen LogP contribution in [0, 0.1) is 41.4 Å². The lowest BCUT2D eigenvalue weighted by molar-refractivity contribution is -0.141. The van der Waals surface area contributed by atoms with Crippen LogP contribution in [0.2, 0.25) is 0 Å². The van der Waals surface area contributed by atoms with E-state index in [0.29, 0.717) is 65.3 Å². The summed E-state index contributed by atoms with van der Waals surface area (Å²) in [6, 6.07) is 22.6. The lowest BCUT2D eigenvalue weighted by Crippen LogP contribution is -2.66. The zero-order valence-electron chi connectivity index (χ0n) is 36.1. The van der Waals surface area contributed by atoms with Crippen molar-refractivity contribution in [1.29, 1.82) is 0 Å². The topological polar surface area (TPSA) is 90.4 Å². The van der Waals surface area contributed by atoms with Crippen molar-refractivity contribution >= 4 is 71.3 Å². The van der Waals surface area contributed by atoms with Gasteiger partial charge in [-0.15, -0.1) is 0 Å². The third-order valence-corrected chi connectivity index (χ3v) is 17.7.